The lowest BCUT2D eigenvalue weighted by atomic mass is 10.3. The molecule has 0 aliphatic heterocycles. The van der Waals surface area contributed by atoms with Crippen LogP contribution in [0.25, 0.3) is 0 Å². The summed E-state index contributed by atoms with van der Waals surface area (Å²) in [5.74, 6) is -1.10. The second-order valence-electron chi connectivity index (χ2n) is 3.32. The first-order valence-electron chi connectivity index (χ1n) is 4.74. The molecule has 1 aromatic carbocycles. The quantitative estimate of drug-likeness (QED) is 0.320. The number of carbonyl (C=O) groups excluding carboxylic acids is 1. The Kier molecular flexibility index (Phi) is 4.68. The summed E-state index contributed by atoms with van der Waals surface area (Å²) in [5.41, 5.74) is -0.458. The third-order valence-corrected chi connectivity index (χ3v) is 4.48. The molecule has 0 bridgehead atoms. The average molecular weight is 321 g/mol. The Labute approximate surface area is 113 Å². The van der Waals surface area contributed by atoms with Crippen LogP contribution in [0.5, 0.6) is 0 Å². The number of hydrogen-bond acceptors (Lipinski definition) is 7. The van der Waals surface area contributed by atoms with Crippen LogP contribution < -0.4 is 4.72 Å². The minimum Gasteiger partial charge on any atom is -0.258 e. The highest BCUT2D eigenvalue weighted by molar-refractivity contribution is 7.93. The summed E-state index contributed by atoms with van der Waals surface area (Å²) in [6, 6.07) is 4.08. The highest BCUT2D eigenvalue weighted by Crippen LogP contribution is 2.18. The van der Waals surface area contributed by atoms with Crippen molar-refractivity contribution in [3.8, 4) is 0 Å². The average Bonchev–Trinajstić information content (AvgIpc) is 2.37. The first-order valence-corrected chi connectivity index (χ1v) is 7.83. The lowest BCUT2D eigenvalue weighted by Crippen LogP contribution is -2.28. The topological polar surface area (TPSA) is 153 Å². The molecular formula is C8H7N3O7S2. The van der Waals surface area contributed by atoms with E-state index in [1.807, 2.05) is 0 Å². The number of nitro groups is 1. The summed E-state index contributed by atoms with van der Waals surface area (Å²) in [6.07, 6.45) is 0.748. The van der Waals surface area contributed by atoms with Crippen molar-refractivity contribution < 1.29 is 26.6 Å². The highest BCUT2D eigenvalue weighted by Gasteiger charge is 2.20. The molecule has 1 N–H and O–H groups in total. The van der Waals surface area contributed by atoms with Gasteiger partial charge in [-0.2, -0.15) is 13.1 Å². The molecule has 1 aromatic rings. The summed E-state index contributed by atoms with van der Waals surface area (Å²) < 4.78 is 49.4. The van der Waals surface area contributed by atoms with Crippen LogP contribution in [-0.2, 0) is 24.8 Å². The molecule has 10 nitrogen and oxygen atoms in total. The Morgan fingerprint density at radius 3 is 2.50 bits per heavy atom. The van der Waals surface area contributed by atoms with Crippen molar-refractivity contribution >= 4 is 31.8 Å². The first kappa shape index (κ1) is 15.9. The maximum absolute atomic E-state index is 11.8. The largest absolute Gasteiger partial charge is 0.331 e. The maximum Gasteiger partial charge on any atom is 0.331 e. The van der Waals surface area contributed by atoms with Crippen molar-refractivity contribution in [3.63, 3.8) is 0 Å². The lowest BCUT2D eigenvalue weighted by Gasteiger charge is -2.04. The number of non-ortho nitro benzene ring substituents is 1. The number of nitro benzene ring substituents is 1. The van der Waals surface area contributed by atoms with Crippen molar-refractivity contribution in [2.24, 2.45) is 4.40 Å². The van der Waals surface area contributed by atoms with Crippen molar-refractivity contribution in [2.75, 3.05) is 5.88 Å². The first-order chi connectivity index (χ1) is 9.18. The normalized spacial score (nSPS) is 11.6. The molecule has 0 heterocycles. The molecule has 0 spiro atoms. The Balaban J connectivity index is 3.04. The molecule has 0 atom stereocenters. The summed E-state index contributed by atoms with van der Waals surface area (Å²) in [5, 5.41) is 10.5. The van der Waals surface area contributed by atoms with Crippen LogP contribution in [0, 0.1) is 10.1 Å². The van der Waals surface area contributed by atoms with Crippen LogP contribution in [0.4, 0.5) is 5.69 Å². The molecule has 0 saturated carbocycles. The van der Waals surface area contributed by atoms with Gasteiger partial charge in [0, 0.05) is 12.1 Å². The maximum atomic E-state index is 11.8. The number of nitrogens with one attached hydrogen (secondary N) is 1. The van der Waals surface area contributed by atoms with E-state index < -0.39 is 41.4 Å². The fourth-order valence-electron chi connectivity index (χ4n) is 1.11. The van der Waals surface area contributed by atoms with Gasteiger partial charge in [0.25, 0.3) is 11.8 Å². The van der Waals surface area contributed by atoms with Crippen LogP contribution in [-0.4, -0.2) is 33.7 Å². The van der Waals surface area contributed by atoms with Crippen LogP contribution in [0.2, 0.25) is 0 Å². The van der Waals surface area contributed by atoms with Gasteiger partial charge >= 0.3 is 10.2 Å². The van der Waals surface area contributed by atoms with E-state index in [-0.39, 0.29) is 0 Å². The lowest BCUT2D eigenvalue weighted by molar-refractivity contribution is -0.385. The van der Waals surface area contributed by atoms with Gasteiger partial charge in [0.1, 0.15) is 5.88 Å². The fourth-order valence-corrected chi connectivity index (χ4v) is 3.24. The fraction of sp³-hybridized carbons (Fsp3) is 0.125. The molecule has 0 amide bonds. The van der Waals surface area contributed by atoms with E-state index in [4.69, 9.17) is 0 Å². The van der Waals surface area contributed by atoms with Gasteiger partial charge in [-0.05, 0) is 6.07 Å². The third kappa shape index (κ3) is 4.20. The minimum atomic E-state index is -4.46. The van der Waals surface area contributed by atoms with E-state index in [2.05, 4.69) is 4.40 Å². The minimum absolute atomic E-state index is 0.440. The zero-order valence-corrected chi connectivity index (χ0v) is 11.2. The monoisotopic (exact) mass is 321 g/mol. The summed E-state index contributed by atoms with van der Waals surface area (Å²) in [4.78, 5) is 19.1. The molecule has 0 aromatic heterocycles. The molecular weight excluding hydrogens is 314 g/mol. The van der Waals surface area contributed by atoms with Gasteiger partial charge in [-0.1, -0.05) is 10.5 Å². The van der Waals surface area contributed by atoms with Gasteiger partial charge in [0.15, 0.2) is 9.84 Å². The number of hydrogen-bond donors (Lipinski definition) is 1. The number of benzene rings is 1. The second-order valence-corrected chi connectivity index (χ2v) is 6.73. The predicted octanol–water partition coefficient (Wildman–Crippen LogP) is -0.504. The van der Waals surface area contributed by atoms with Gasteiger partial charge in [-0.15, -0.1) is 0 Å². The van der Waals surface area contributed by atoms with Crippen molar-refractivity contribution in [1.29, 1.82) is 0 Å². The van der Waals surface area contributed by atoms with Crippen LogP contribution in [0.1, 0.15) is 0 Å². The second kappa shape index (κ2) is 5.88. The van der Waals surface area contributed by atoms with Crippen LogP contribution in [0.15, 0.2) is 33.6 Å². The zero-order chi connectivity index (χ0) is 15.4. The van der Waals surface area contributed by atoms with Crippen molar-refractivity contribution in [3.05, 3.63) is 34.4 Å². The van der Waals surface area contributed by atoms with E-state index in [1.165, 1.54) is 4.72 Å². The molecule has 108 valence electrons. The van der Waals surface area contributed by atoms with Gasteiger partial charge in [0.2, 0.25) is 0 Å². The van der Waals surface area contributed by atoms with Gasteiger partial charge < -0.3 is 0 Å². The number of rotatable bonds is 6. The van der Waals surface area contributed by atoms with E-state index >= 15 is 0 Å². The molecule has 12 heteroatoms. The Bertz CT molecular complexity index is 778. The van der Waals surface area contributed by atoms with E-state index in [0.29, 0.717) is 0 Å². The SMILES string of the molecule is O=C=NS(=O)(=O)NCS(=O)(=O)c1cccc([N+](=O)[O-])c1. The smallest absolute Gasteiger partial charge is 0.258 e. The van der Waals surface area contributed by atoms with E-state index in [9.17, 15) is 31.7 Å². The number of nitrogens with zero attached hydrogens (tertiary/aromatic N) is 2. The predicted molar refractivity (Wildman–Crippen MR) is 65.3 cm³/mol. The number of isocyanates is 1. The van der Waals surface area contributed by atoms with Crippen molar-refractivity contribution in [2.45, 2.75) is 4.90 Å². The standard InChI is InChI=1S/C8H7N3O7S2/c12-5-9-20(17,18)10-6-19(15,16)8-3-1-2-7(4-8)11(13)14/h1-4,10H,6H2. The molecule has 0 radical (unpaired) electrons. The van der Waals surface area contributed by atoms with E-state index in [0.717, 1.165) is 30.3 Å². The van der Waals surface area contributed by atoms with Crippen LogP contribution >= 0.6 is 0 Å². The van der Waals surface area contributed by atoms with E-state index in [1.54, 1.807) is 0 Å². The zero-order valence-electron chi connectivity index (χ0n) is 9.59. The Hall–Kier alpha value is -2.14. The third-order valence-electron chi connectivity index (χ3n) is 1.98. The number of sulfone groups is 1. The summed E-state index contributed by atoms with van der Waals surface area (Å²) >= 11 is 0. The molecule has 0 aliphatic carbocycles. The molecule has 0 saturated heterocycles. The molecule has 0 aliphatic rings. The van der Waals surface area contributed by atoms with Gasteiger partial charge in [0.05, 0.1) is 9.82 Å². The molecule has 1 rings (SSSR count). The summed E-state index contributed by atoms with van der Waals surface area (Å²) in [6.45, 7) is 0. The highest BCUT2D eigenvalue weighted by atomic mass is 32.2. The molecule has 20 heavy (non-hydrogen) atoms. The van der Waals surface area contributed by atoms with Crippen LogP contribution in [0.3, 0.4) is 0 Å². The molecule has 0 fully saturated rings. The van der Waals surface area contributed by atoms with Crippen molar-refractivity contribution in [1.82, 2.24) is 4.72 Å². The Morgan fingerprint density at radius 2 is 1.95 bits per heavy atom. The van der Waals surface area contributed by atoms with Gasteiger partial charge in [-0.25, -0.2) is 13.2 Å². The Morgan fingerprint density at radius 1 is 1.30 bits per heavy atom. The summed E-state index contributed by atoms with van der Waals surface area (Å²) in [7, 11) is -8.61. The molecule has 0 unspecified atom stereocenters. The van der Waals surface area contributed by atoms with Gasteiger partial charge in [-0.3, -0.25) is 10.1 Å².